The Labute approximate surface area is 266 Å². The van der Waals surface area contributed by atoms with Crippen molar-refractivity contribution in [3.63, 3.8) is 0 Å². The van der Waals surface area contributed by atoms with Crippen molar-refractivity contribution in [1.29, 1.82) is 0 Å². The third-order valence-electron chi connectivity index (χ3n) is 13.8. The van der Waals surface area contributed by atoms with E-state index in [0.717, 1.165) is 47.3 Å². The van der Waals surface area contributed by atoms with Gasteiger partial charge < -0.3 is 5.48 Å². The molecule has 10 heteroatoms. The normalized spacial score (nSPS) is 54.9. The number of nitrogens with one attached hydrogen (secondary N) is 8. The van der Waals surface area contributed by atoms with E-state index in [0.29, 0.717) is 49.3 Å². The standard InChI is InChI=1S/C32H56N8.Ga.H2O.2H/c1-2-10-18-17(9-1)25-33-26(18)38-28-21-13-5-6-14-22(21)30(35-28)40-32-24-16-8-7-15-23(24)31(36-32)39-29-20-12-4-3-11-19(20)27(34-29)37-25;;;;/h17-40H,1-16H2;;1H2;;. The molecule has 8 bridgehead atoms. The molecule has 42 heavy (non-hydrogen) atoms. The maximum absolute atomic E-state index is 4.26. The predicted molar refractivity (Wildman–Crippen MR) is 169 cm³/mol. The van der Waals surface area contributed by atoms with E-state index in [-0.39, 0.29) is 25.3 Å². The van der Waals surface area contributed by atoms with Crippen molar-refractivity contribution in [3.05, 3.63) is 0 Å². The number of rotatable bonds is 0. The minimum absolute atomic E-state index is 0. The van der Waals surface area contributed by atoms with Gasteiger partial charge in [0.25, 0.3) is 0 Å². The van der Waals surface area contributed by atoms with Crippen LogP contribution in [-0.2, 0) is 0 Å². The van der Waals surface area contributed by atoms with Gasteiger partial charge in [-0.25, -0.2) is 0 Å². The molecule has 5 heterocycles. The summed E-state index contributed by atoms with van der Waals surface area (Å²) in [5, 5.41) is 33.8. The van der Waals surface area contributed by atoms with Crippen LogP contribution in [0.4, 0.5) is 0 Å². The second kappa shape index (κ2) is 12.8. The second-order valence-corrected chi connectivity index (χ2v) is 15.6. The quantitative estimate of drug-likeness (QED) is 0.183. The third-order valence-corrected chi connectivity index (χ3v) is 13.8. The van der Waals surface area contributed by atoms with Gasteiger partial charge >= 0.3 is 19.8 Å². The van der Waals surface area contributed by atoms with Gasteiger partial charge in [-0.3, -0.25) is 42.5 Å². The first kappa shape index (κ1) is 30.9. The van der Waals surface area contributed by atoms with Crippen LogP contribution in [0.1, 0.15) is 103 Å². The van der Waals surface area contributed by atoms with Gasteiger partial charge in [-0.2, -0.15) is 0 Å². The van der Waals surface area contributed by atoms with E-state index in [9.17, 15) is 0 Å². The van der Waals surface area contributed by atoms with Crippen LogP contribution >= 0.6 is 0 Å². The molecular formula is C32H60GaN8O. The van der Waals surface area contributed by atoms with Crippen molar-refractivity contribution in [1.82, 2.24) is 42.5 Å². The van der Waals surface area contributed by atoms with E-state index in [1.165, 1.54) is 103 Å². The van der Waals surface area contributed by atoms with Gasteiger partial charge in [0.05, 0.1) is 49.3 Å². The Kier molecular flexibility index (Phi) is 9.43. The SMILES string of the molecule is C1CCC2C3NC(NC4NC(NC5NC(NC6NC(N3)C3CCCCC63)C3CCCCC53)C3CCCCC43)C2C1.O.[GaH2]. The Balaban J connectivity index is 0.00000144. The molecule has 0 aromatic heterocycles. The van der Waals surface area contributed by atoms with Crippen LogP contribution in [0.3, 0.4) is 0 Å². The van der Waals surface area contributed by atoms with Crippen molar-refractivity contribution in [3.8, 4) is 0 Å². The number of fused-ring (bicyclic) bond motifs is 20. The molecule has 8 atom stereocenters. The Hall–Kier alpha value is 0.276. The summed E-state index contributed by atoms with van der Waals surface area (Å²) >= 11 is 0. The summed E-state index contributed by atoms with van der Waals surface area (Å²) in [6, 6.07) is 0. The van der Waals surface area contributed by atoms with Crippen molar-refractivity contribution >= 4 is 19.8 Å². The fraction of sp³-hybridized carbons (Fsp3) is 1.00. The summed E-state index contributed by atoms with van der Waals surface area (Å²) in [4.78, 5) is 0. The maximum atomic E-state index is 4.26. The molecule has 4 aliphatic carbocycles. The van der Waals surface area contributed by atoms with Crippen LogP contribution in [0, 0.1) is 47.3 Å². The van der Waals surface area contributed by atoms with Gasteiger partial charge in [0.2, 0.25) is 0 Å². The fourth-order valence-electron chi connectivity index (χ4n) is 12.0. The summed E-state index contributed by atoms with van der Waals surface area (Å²) in [6.07, 6.45) is 25.6. The zero-order valence-electron chi connectivity index (χ0n) is 26.1. The molecule has 8 unspecified atom stereocenters. The Morgan fingerprint density at radius 2 is 0.357 bits per heavy atom. The minimum atomic E-state index is 0. The number of hydrogen-bond donors (Lipinski definition) is 8. The molecule has 9 fully saturated rings. The van der Waals surface area contributed by atoms with Gasteiger partial charge in [0.1, 0.15) is 0 Å². The molecule has 1 radical (unpaired) electrons. The molecule has 237 valence electrons. The van der Waals surface area contributed by atoms with Crippen LogP contribution in [-0.4, -0.2) is 74.6 Å². The summed E-state index contributed by atoms with van der Waals surface area (Å²) in [5.74, 6) is 5.97. The van der Waals surface area contributed by atoms with Crippen molar-refractivity contribution in [2.45, 2.75) is 152 Å². The molecule has 10 N–H and O–H groups in total. The average Bonchev–Trinajstić information content (AvgIpc) is 3.73. The van der Waals surface area contributed by atoms with Crippen molar-refractivity contribution < 1.29 is 5.48 Å². The monoisotopic (exact) mass is 641 g/mol. The topological polar surface area (TPSA) is 128 Å². The molecule has 9 aliphatic rings. The third kappa shape index (κ3) is 5.30. The Morgan fingerprint density at radius 3 is 0.476 bits per heavy atom. The first-order valence-electron chi connectivity index (χ1n) is 17.9. The zero-order valence-corrected chi connectivity index (χ0v) is 30.2. The van der Waals surface area contributed by atoms with E-state index in [1.807, 2.05) is 0 Å². The van der Waals surface area contributed by atoms with Crippen LogP contribution in [0.15, 0.2) is 0 Å². The van der Waals surface area contributed by atoms with Crippen LogP contribution < -0.4 is 42.5 Å². The Morgan fingerprint density at radius 1 is 0.238 bits per heavy atom. The molecule has 0 spiro atoms. The molecule has 0 aromatic carbocycles. The van der Waals surface area contributed by atoms with E-state index >= 15 is 0 Å². The van der Waals surface area contributed by atoms with Crippen LogP contribution in [0.5, 0.6) is 0 Å². The molecule has 5 aliphatic heterocycles. The summed E-state index contributed by atoms with van der Waals surface area (Å²) < 4.78 is 0. The molecular weight excluding hydrogens is 582 g/mol. The second-order valence-electron chi connectivity index (χ2n) is 15.6. The predicted octanol–water partition coefficient (Wildman–Crippen LogP) is 0.865. The van der Waals surface area contributed by atoms with Crippen molar-refractivity contribution in [2.75, 3.05) is 0 Å². The molecule has 9 nitrogen and oxygen atoms in total. The van der Waals surface area contributed by atoms with Gasteiger partial charge in [-0.05, 0) is 98.7 Å². The summed E-state index contributed by atoms with van der Waals surface area (Å²) in [6.45, 7) is 0. The first-order valence-corrected chi connectivity index (χ1v) is 17.9. The van der Waals surface area contributed by atoms with Gasteiger partial charge in [-0.1, -0.05) is 51.4 Å². The van der Waals surface area contributed by atoms with E-state index in [1.54, 1.807) is 0 Å². The van der Waals surface area contributed by atoms with E-state index in [2.05, 4.69) is 42.5 Å². The zero-order chi connectivity index (χ0) is 26.2. The van der Waals surface area contributed by atoms with E-state index in [4.69, 9.17) is 0 Å². The van der Waals surface area contributed by atoms with Crippen LogP contribution in [0.2, 0.25) is 0 Å². The molecule has 0 amide bonds. The first-order chi connectivity index (χ1) is 19.8. The van der Waals surface area contributed by atoms with Crippen molar-refractivity contribution in [2.24, 2.45) is 47.3 Å². The molecule has 9 rings (SSSR count). The molecule has 4 saturated carbocycles. The van der Waals surface area contributed by atoms with E-state index < -0.39 is 0 Å². The fourth-order valence-corrected chi connectivity index (χ4v) is 12.0. The Bertz CT molecular complexity index is 723. The summed E-state index contributed by atoms with van der Waals surface area (Å²) in [7, 11) is 0. The summed E-state index contributed by atoms with van der Waals surface area (Å²) in [5.41, 5.74) is 0. The van der Waals surface area contributed by atoms with Crippen LogP contribution in [0.25, 0.3) is 0 Å². The number of hydrogen-bond acceptors (Lipinski definition) is 8. The average molecular weight is 643 g/mol. The van der Waals surface area contributed by atoms with Gasteiger partial charge in [0, 0.05) is 0 Å². The van der Waals surface area contributed by atoms with Gasteiger partial charge in [-0.15, -0.1) is 0 Å². The van der Waals surface area contributed by atoms with Gasteiger partial charge in [0.15, 0.2) is 0 Å². The molecule has 5 saturated heterocycles. The molecule has 0 aromatic rings.